The fraction of sp³-hybridized carbons (Fsp3) is 0.583. The topological polar surface area (TPSA) is 93.5 Å². The van der Waals surface area contributed by atoms with Crippen LogP contribution >= 0.6 is 0 Å². The second-order valence-corrected chi connectivity index (χ2v) is 10.2. The van der Waals surface area contributed by atoms with Gasteiger partial charge in [0.1, 0.15) is 5.82 Å². The summed E-state index contributed by atoms with van der Waals surface area (Å²) >= 11 is 0. The van der Waals surface area contributed by atoms with E-state index in [1.54, 1.807) is 6.20 Å². The van der Waals surface area contributed by atoms with Crippen LogP contribution in [0.1, 0.15) is 38.5 Å². The number of aromatic nitrogens is 2. The summed E-state index contributed by atoms with van der Waals surface area (Å²) in [7, 11) is 0. The molecule has 4 aliphatic carbocycles. The van der Waals surface area contributed by atoms with E-state index >= 15 is 0 Å². The highest BCUT2D eigenvalue weighted by Crippen LogP contribution is 2.56. The van der Waals surface area contributed by atoms with E-state index in [1.807, 2.05) is 18.2 Å². The van der Waals surface area contributed by atoms with Crippen LogP contribution < -0.4 is 15.5 Å². The van der Waals surface area contributed by atoms with Crippen LogP contribution in [0.2, 0.25) is 0 Å². The Morgan fingerprint density at radius 3 is 2.48 bits per heavy atom. The average molecular weight is 422 g/mol. The Bertz CT molecular complexity index is 935. The van der Waals surface area contributed by atoms with Crippen LogP contribution in [-0.2, 0) is 0 Å². The molecule has 5 fully saturated rings. The standard InChI is InChI=1S/C24H31N5O2/c30-20-6-8-29(14-20)19-3-1-18(2-4-19)26-23-25-7-5-21(28-23)27-22-16-9-15-10-17(22)13-24(31,11-15)12-16/h1-5,7,15-17,20,22,30-31H,6,8-14H2,(H2,25,26,27,28). The summed E-state index contributed by atoms with van der Waals surface area (Å²) in [5.41, 5.74) is 1.66. The molecule has 3 unspecified atom stereocenters. The van der Waals surface area contributed by atoms with Gasteiger partial charge >= 0.3 is 0 Å². The van der Waals surface area contributed by atoms with Gasteiger partial charge in [0.2, 0.25) is 5.95 Å². The second-order valence-electron chi connectivity index (χ2n) is 10.2. The monoisotopic (exact) mass is 421 g/mol. The molecule has 1 aromatic carbocycles. The van der Waals surface area contributed by atoms with Crippen molar-refractivity contribution in [1.82, 2.24) is 9.97 Å². The summed E-state index contributed by atoms with van der Waals surface area (Å²) in [6, 6.07) is 10.5. The molecule has 4 saturated carbocycles. The number of aliphatic hydroxyl groups excluding tert-OH is 1. The molecule has 2 heterocycles. The van der Waals surface area contributed by atoms with E-state index in [-0.39, 0.29) is 6.10 Å². The minimum absolute atomic E-state index is 0.223. The lowest BCUT2D eigenvalue weighted by Crippen LogP contribution is -2.59. The summed E-state index contributed by atoms with van der Waals surface area (Å²) in [5.74, 6) is 3.22. The zero-order valence-electron chi connectivity index (χ0n) is 17.7. The van der Waals surface area contributed by atoms with Gasteiger partial charge in [-0.15, -0.1) is 0 Å². The van der Waals surface area contributed by atoms with Crippen LogP contribution in [0.5, 0.6) is 0 Å². The van der Waals surface area contributed by atoms with Gasteiger partial charge < -0.3 is 25.7 Å². The molecule has 0 amide bonds. The molecule has 4 N–H and O–H groups in total. The highest BCUT2D eigenvalue weighted by molar-refractivity contribution is 5.60. The molecule has 2 aromatic rings. The Balaban J connectivity index is 1.12. The molecular weight excluding hydrogens is 390 g/mol. The Morgan fingerprint density at radius 2 is 1.81 bits per heavy atom. The number of hydrogen-bond donors (Lipinski definition) is 4. The summed E-state index contributed by atoms with van der Waals surface area (Å²) in [6.07, 6.45) is 7.71. The molecule has 1 saturated heterocycles. The summed E-state index contributed by atoms with van der Waals surface area (Å²) in [6.45, 7) is 1.59. The number of anilines is 4. The number of benzene rings is 1. The predicted molar refractivity (Wildman–Crippen MR) is 121 cm³/mol. The predicted octanol–water partition coefficient (Wildman–Crippen LogP) is 3.14. The van der Waals surface area contributed by atoms with Crippen LogP contribution in [0.15, 0.2) is 36.5 Å². The molecule has 0 radical (unpaired) electrons. The van der Waals surface area contributed by atoms with Gasteiger partial charge in [-0.1, -0.05) is 0 Å². The lowest BCUT2D eigenvalue weighted by molar-refractivity contribution is -0.129. The summed E-state index contributed by atoms with van der Waals surface area (Å²) in [4.78, 5) is 11.3. The summed E-state index contributed by atoms with van der Waals surface area (Å²) in [5, 5.41) is 27.6. The van der Waals surface area contributed by atoms with Crippen molar-refractivity contribution in [2.24, 2.45) is 17.8 Å². The highest BCUT2D eigenvalue weighted by Gasteiger charge is 2.54. The SMILES string of the molecule is OC1CCN(c2ccc(Nc3nccc(NC4C5CC6CC4CC(O)(C6)C5)n3)cc2)C1. The molecule has 7 heteroatoms. The molecule has 5 aliphatic rings. The fourth-order valence-electron chi connectivity index (χ4n) is 6.75. The number of hydrogen-bond acceptors (Lipinski definition) is 7. The molecule has 1 aliphatic heterocycles. The molecular formula is C24H31N5O2. The maximum atomic E-state index is 10.8. The number of rotatable bonds is 5. The smallest absolute Gasteiger partial charge is 0.229 e. The first kappa shape index (κ1) is 19.3. The molecule has 0 spiro atoms. The van der Waals surface area contributed by atoms with Crippen LogP contribution in [0.3, 0.4) is 0 Å². The third-order valence-corrected chi connectivity index (χ3v) is 7.86. The van der Waals surface area contributed by atoms with Crippen molar-refractivity contribution in [2.75, 3.05) is 28.6 Å². The van der Waals surface area contributed by atoms with Gasteiger partial charge in [-0.2, -0.15) is 4.98 Å². The third kappa shape index (κ3) is 3.74. The van der Waals surface area contributed by atoms with Gasteiger partial charge in [0.05, 0.1) is 11.7 Å². The zero-order valence-corrected chi connectivity index (χ0v) is 17.7. The van der Waals surface area contributed by atoms with Crippen molar-refractivity contribution in [2.45, 2.75) is 56.3 Å². The Morgan fingerprint density at radius 1 is 1.03 bits per heavy atom. The van der Waals surface area contributed by atoms with Crippen molar-refractivity contribution in [3.8, 4) is 0 Å². The van der Waals surface area contributed by atoms with Crippen LogP contribution in [-0.4, -0.2) is 51.0 Å². The van der Waals surface area contributed by atoms with Crippen molar-refractivity contribution in [3.63, 3.8) is 0 Å². The molecule has 7 nitrogen and oxygen atoms in total. The molecule has 1 aromatic heterocycles. The lowest BCUT2D eigenvalue weighted by atomic mass is 9.52. The van der Waals surface area contributed by atoms with Gasteiger partial charge in [-0.05, 0) is 86.6 Å². The van der Waals surface area contributed by atoms with E-state index in [0.717, 1.165) is 49.4 Å². The first-order chi connectivity index (χ1) is 15.0. The van der Waals surface area contributed by atoms with E-state index in [0.29, 0.717) is 36.3 Å². The van der Waals surface area contributed by atoms with Gasteiger partial charge in [0.15, 0.2) is 0 Å². The van der Waals surface area contributed by atoms with Crippen LogP contribution in [0.25, 0.3) is 0 Å². The van der Waals surface area contributed by atoms with Crippen molar-refractivity contribution < 1.29 is 10.2 Å². The molecule has 7 rings (SSSR count). The third-order valence-electron chi connectivity index (χ3n) is 7.86. The normalized spacial score (nSPS) is 36.1. The van der Waals surface area contributed by atoms with Crippen molar-refractivity contribution >= 4 is 23.1 Å². The lowest BCUT2D eigenvalue weighted by Gasteiger charge is -2.58. The number of nitrogens with one attached hydrogen (secondary N) is 2. The van der Waals surface area contributed by atoms with Crippen LogP contribution in [0, 0.1) is 17.8 Å². The van der Waals surface area contributed by atoms with E-state index < -0.39 is 5.60 Å². The number of β-amino-alcohol motifs (C(OH)–C–C–N with tert-alkyl or cyclic N) is 1. The average Bonchev–Trinajstić information content (AvgIpc) is 3.17. The molecule has 164 valence electrons. The largest absolute Gasteiger partial charge is 0.391 e. The maximum absolute atomic E-state index is 10.8. The fourth-order valence-corrected chi connectivity index (χ4v) is 6.75. The molecule has 4 bridgehead atoms. The van der Waals surface area contributed by atoms with E-state index in [9.17, 15) is 10.2 Å². The molecule has 31 heavy (non-hydrogen) atoms. The van der Waals surface area contributed by atoms with Crippen molar-refractivity contribution in [1.29, 1.82) is 0 Å². The Labute approximate surface area is 182 Å². The summed E-state index contributed by atoms with van der Waals surface area (Å²) < 4.78 is 0. The van der Waals surface area contributed by atoms with E-state index in [2.05, 4.69) is 32.7 Å². The van der Waals surface area contributed by atoms with Gasteiger partial charge in [-0.25, -0.2) is 4.98 Å². The minimum Gasteiger partial charge on any atom is -0.391 e. The quantitative estimate of drug-likeness (QED) is 0.589. The zero-order chi connectivity index (χ0) is 21.0. The Kier molecular flexibility index (Phi) is 4.58. The first-order valence-electron chi connectivity index (χ1n) is 11.7. The Hall–Kier alpha value is -2.38. The maximum Gasteiger partial charge on any atom is 0.229 e. The van der Waals surface area contributed by atoms with E-state index in [1.165, 1.54) is 12.8 Å². The molecule has 3 atom stereocenters. The van der Waals surface area contributed by atoms with Crippen LogP contribution in [0.4, 0.5) is 23.1 Å². The van der Waals surface area contributed by atoms with Gasteiger partial charge in [0.25, 0.3) is 0 Å². The van der Waals surface area contributed by atoms with Crippen molar-refractivity contribution in [3.05, 3.63) is 36.5 Å². The number of aliphatic hydroxyl groups is 2. The second kappa shape index (κ2) is 7.35. The highest BCUT2D eigenvalue weighted by atomic mass is 16.3. The minimum atomic E-state index is -0.410. The first-order valence-corrected chi connectivity index (χ1v) is 11.7. The van der Waals surface area contributed by atoms with E-state index in [4.69, 9.17) is 4.98 Å². The van der Waals surface area contributed by atoms with Gasteiger partial charge in [-0.3, -0.25) is 0 Å². The number of nitrogens with zero attached hydrogens (tertiary/aromatic N) is 3. The van der Waals surface area contributed by atoms with Gasteiger partial charge in [0, 0.05) is 36.7 Å².